The molecule has 1 atom stereocenters. The number of amides is 2. The third-order valence-electron chi connectivity index (χ3n) is 7.29. The number of aryl methyl sites for hydroxylation is 2. The number of hydrogen-bond acceptors (Lipinski definition) is 5. The molecular formula is C29H41N3O5S. The van der Waals surface area contributed by atoms with Crippen molar-refractivity contribution in [2.75, 3.05) is 24.2 Å². The van der Waals surface area contributed by atoms with E-state index in [0.29, 0.717) is 17.9 Å². The number of nitrogens with zero attached hydrogens (tertiary/aromatic N) is 2. The van der Waals surface area contributed by atoms with Gasteiger partial charge in [0.05, 0.1) is 19.1 Å². The summed E-state index contributed by atoms with van der Waals surface area (Å²) in [6.07, 6.45) is 5.73. The van der Waals surface area contributed by atoms with Gasteiger partial charge in [0.15, 0.2) is 0 Å². The Morgan fingerprint density at radius 2 is 1.79 bits per heavy atom. The second kappa shape index (κ2) is 13.1. The van der Waals surface area contributed by atoms with Crippen LogP contribution in [0.15, 0.2) is 42.5 Å². The highest BCUT2D eigenvalue weighted by Crippen LogP contribution is 2.23. The van der Waals surface area contributed by atoms with Crippen molar-refractivity contribution in [2.24, 2.45) is 0 Å². The molecule has 0 aromatic heterocycles. The van der Waals surface area contributed by atoms with Gasteiger partial charge >= 0.3 is 0 Å². The molecule has 0 aliphatic heterocycles. The van der Waals surface area contributed by atoms with Crippen molar-refractivity contribution < 1.29 is 22.7 Å². The molecule has 1 unspecified atom stereocenters. The zero-order valence-electron chi connectivity index (χ0n) is 23.2. The third kappa shape index (κ3) is 7.96. The van der Waals surface area contributed by atoms with E-state index in [1.807, 2.05) is 50.2 Å². The molecule has 2 amide bonds. The minimum absolute atomic E-state index is 0.113. The highest BCUT2D eigenvalue weighted by atomic mass is 32.2. The van der Waals surface area contributed by atoms with Crippen LogP contribution in [0.5, 0.6) is 5.75 Å². The van der Waals surface area contributed by atoms with Crippen LogP contribution in [-0.4, -0.2) is 57.1 Å². The van der Waals surface area contributed by atoms with Crippen molar-refractivity contribution in [1.82, 2.24) is 10.2 Å². The summed E-state index contributed by atoms with van der Waals surface area (Å²) in [5, 5.41) is 3.10. The molecule has 2 aromatic rings. The van der Waals surface area contributed by atoms with Crippen LogP contribution in [0.4, 0.5) is 5.69 Å². The average Bonchev–Trinajstić information content (AvgIpc) is 3.39. The fraction of sp³-hybridized carbons (Fsp3) is 0.517. The minimum Gasteiger partial charge on any atom is -0.497 e. The van der Waals surface area contributed by atoms with Crippen molar-refractivity contribution in [1.29, 1.82) is 0 Å². The summed E-state index contributed by atoms with van der Waals surface area (Å²) in [6, 6.07) is 12.5. The van der Waals surface area contributed by atoms with Gasteiger partial charge in [-0.3, -0.25) is 13.9 Å². The molecule has 1 fully saturated rings. The number of carbonyl (C=O) groups excluding carboxylic acids is 2. The van der Waals surface area contributed by atoms with Crippen molar-refractivity contribution in [3.05, 3.63) is 59.2 Å². The van der Waals surface area contributed by atoms with E-state index in [-0.39, 0.29) is 37.4 Å². The Bertz CT molecular complexity index is 1220. The Balaban J connectivity index is 1.74. The molecule has 3 rings (SSSR count). The van der Waals surface area contributed by atoms with E-state index < -0.39 is 16.1 Å². The maximum absolute atomic E-state index is 13.5. The second-order valence-electron chi connectivity index (χ2n) is 10.2. The van der Waals surface area contributed by atoms with Crippen LogP contribution in [0.2, 0.25) is 0 Å². The quantitative estimate of drug-likeness (QED) is 0.430. The van der Waals surface area contributed by atoms with E-state index in [4.69, 9.17) is 4.74 Å². The Kier molecular flexibility index (Phi) is 10.2. The normalized spacial score (nSPS) is 14.7. The number of benzene rings is 2. The molecule has 0 bridgehead atoms. The van der Waals surface area contributed by atoms with Crippen LogP contribution in [-0.2, 0) is 26.2 Å². The molecule has 0 heterocycles. The van der Waals surface area contributed by atoms with E-state index >= 15 is 0 Å². The van der Waals surface area contributed by atoms with Gasteiger partial charge in [0.1, 0.15) is 11.8 Å². The molecule has 9 heteroatoms. The fourth-order valence-corrected chi connectivity index (χ4v) is 5.78. The molecule has 1 aliphatic carbocycles. The van der Waals surface area contributed by atoms with Crippen LogP contribution in [0.3, 0.4) is 0 Å². The van der Waals surface area contributed by atoms with Crippen molar-refractivity contribution in [2.45, 2.75) is 77.9 Å². The number of carbonyl (C=O) groups is 2. The number of rotatable bonds is 12. The maximum Gasteiger partial charge on any atom is 0.242 e. The number of ether oxygens (including phenoxy) is 1. The minimum atomic E-state index is -3.53. The molecule has 38 heavy (non-hydrogen) atoms. The van der Waals surface area contributed by atoms with Crippen LogP contribution in [0.1, 0.15) is 62.1 Å². The summed E-state index contributed by atoms with van der Waals surface area (Å²) >= 11 is 0. The van der Waals surface area contributed by atoms with Gasteiger partial charge in [-0.25, -0.2) is 8.42 Å². The lowest BCUT2D eigenvalue weighted by Crippen LogP contribution is -2.49. The van der Waals surface area contributed by atoms with Crippen LogP contribution >= 0.6 is 0 Å². The van der Waals surface area contributed by atoms with Gasteiger partial charge in [-0.1, -0.05) is 31.0 Å². The number of hydrogen-bond donors (Lipinski definition) is 1. The summed E-state index contributed by atoms with van der Waals surface area (Å²) in [6.45, 7) is 6.09. The fourth-order valence-electron chi connectivity index (χ4n) is 4.83. The lowest BCUT2D eigenvalue weighted by molar-refractivity contribution is -0.141. The molecule has 0 radical (unpaired) electrons. The average molecular weight is 544 g/mol. The van der Waals surface area contributed by atoms with Gasteiger partial charge in [0, 0.05) is 25.6 Å². The van der Waals surface area contributed by atoms with Crippen LogP contribution in [0.25, 0.3) is 0 Å². The first-order chi connectivity index (χ1) is 18.0. The van der Waals surface area contributed by atoms with E-state index in [0.717, 1.165) is 42.4 Å². The molecule has 2 aromatic carbocycles. The summed E-state index contributed by atoms with van der Waals surface area (Å²) in [5.74, 6) is 0.312. The topological polar surface area (TPSA) is 96.0 Å². The standard InChI is InChI=1S/C29H41N3O5S/c1-21-15-16-26(18-22(21)2)32(38(5,35)36)17-9-14-28(33)31(20-24-10-8-13-27(19-24)37-4)23(3)29(34)30-25-11-6-7-12-25/h8,10,13,15-16,18-19,23,25H,6-7,9,11-12,14,17,20H2,1-5H3,(H,30,34). The van der Waals surface area contributed by atoms with Crippen molar-refractivity contribution in [3.8, 4) is 5.75 Å². The van der Waals surface area contributed by atoms with Gasteiger partial charge in [0.25, 0.3) is 0 Å². The number of methoxy groups -OCH3 is 1. The molecule has 1 N–H and O–H groups in total. The Morgan fingerprint density at radius 1 is 1.08 bits per heavy atom. The summed E-state index contributed by atoms with van der Waals surface area (Å²) in [4.78, 5) is 28.2. The van der Waals surface area contributed by atoms with E-state index in [2.05, 4.69) is 5.32 Å². The smallest absolute Gasteiger partial charge is 0.242 e. The third-order valence-corrected chi connectivity index (χ3v) is 8.48. The van der Waals surface area contributed by atoms with E-state index in [1.165, 1.54) is 10.6 Å². The lowest BCUT2D eigenvalue weighted by Gasteiger charge is -2.30. The monoisotopic (exact) mass is 543 g/mol. The first kappa shape index (κ1) is 29.5. The lowest BCUT2D eigenvalue weighted by atomic mass is 10.1. The van der Waals surface area contributed by atoms with Crippen LogP contribution in [0, 0.1) is 13.8 Å². The highest BCUT2D eigenvalue weighted by Gasteiger charge is 2.29. The molecule has 1 saturated carbocycles. The number of sulfonamides is 1. The Hall–Kier alpha value is -3.07. The summed E-state index contributed by atoms with van der Waals surface area (Å²) in [7, 11) is -1.95. The zero-order valence-corrected chi connectivity index (χ0v) is 24.0. The predicted molar refractivity (Wildman–Crippen MR) is 151 cm³/mol. The second-order valence-corrected chi connectivity index (χ2v) is 12.2. The number of nitrogens with one attached hydrogen (secondary N) is 1. The first-order valence-corrected chi connectivity index (χ1v) is 15.1. The van der Waals surface area contributed by atoms with Gasteiger partial charge in [-0.2, -0.15) is 0 Å². The van der Waals surface area contributed by atoms with Crippen LogP contribution < -0.4 is 14.4 Å². The first-order valence-electron chi connectivity index (χ1n) is 13.3. The zero-order chi connectivity index (χ0) is 27.9. The van der Waals surface area contributed by atoms with Gasteiger partial charge in [0.2, 0.25) is 21.8 Å². The molecule has 0 saturated heterocycles. The van der Waals surface area contributed by atoms with Gasteiger partial charge in [-0.05, 0) is 81.0 Å². The number of anilines is 1. The Morgan fingerprint density at radius 3 is 2.42 bits per heavy atom. The summed E-state index contributed by atoms with van der Waals surface area (Å²) < 4.78 is 31.8. The van der Waals surface area contributed by atoms with Crippen molar-refractivity contribution in [3.63, 3.8) is 0 Å². The molecule has 1 aliphatic rings. The van der Waals surface area contributed by atoms with Gasteiger partial charge in [-0.15, -0.1) is 0 Å². The summed E-state index contributed by atoms with van der Waals surface area (Å²) in [5.41, 5.74) is 3.51. The van der Waals surface area contributed by atoms with Crippen molar-refractivity contribution >= 4 is 27.5 Å². The van der Waals surface area contributed by atoms with E-state index in [9.17, 15) is 18.0 Å². The molecular weight excluding hydrogens is 502 g/mol. The predicted octanol–water partition coefficient (Wildman–Crippen LogP) is 4.33. The molecule has 208 valence electrons. The maximum atomic E-state index is 13.5. The molecule has 0 spiro atoms. The largest absolute Gasteiger partial charge is 0.497 e. The highest BCUT2D eigenvalue weighted by molar-refractivity contribution is 7.92. The SMILES string of the molecule is COc1cccc(CN(C(=O)CCCN(c2ccc(C)c(C)c2)S(C)(=O)=O)C(C)C(=O)NC2CCCC2)c1. The molecule has 8 nitrogen and oxygen atoms in total. The van der Waals surface area contributed by atoms with E-state index in [1.54, 1.807) is 25.0 Å². The Labute approximate surface area is 227 Å². The van der Waals surface area contributed by atoms with Gasteiger partial charge < -0.3 is 15.0 Å².